The molecule has 0 spiro atoms. The van der Waals surface area contributed by atoms with E-state index in [1.54, 1.807) is 0 Å². The highest BCUT2D eigenvalue weighted by Gasteiger charge is 2.19. The zero-order valence-electron chi connectivity index (χ0n) is 43.8. The number of rotatable bonds is 53. The average molecular weight is 916 g/mol. The standard InChI is InChI=1S/C59H110O6/c1-4-7-10-13-16-19-22-24-26-27-28-29-30-31-33-35-38-41-44-47-50-53-59(62)65-56(54-63-57(60)51-48-45-42-39-36-21-18-15-12-9-6-3)55-64-58(61)52-49-46-43-40-37-34-32-25-23-20-17-14-11-8-5-2/h15,18,20,23,56H,4-14,16-17,19,21-22,24-55H2,1-3H3/b18-15-,23-20-/t56-/m0/s1. The molecule has 382 valence electrons. The van der Waals surface area contributed by atoms with Gasteiger partial charge in [-0.05, 0) is 64.2 Å². The van der Waals surface area contributed by atoms with E-state index in [0.29, 0.717) is 19.3 Å². The SMILES string of the molecule is CCCC/C=C\CCCCCCCC(=O)OC[C@@H](COC(=O)CCCCCCCCC/C=C\CCCCCC)OC(=O)CCCCCCCCCCCCCCCCCCCCCCC. The molecule has 0 saturated heterocycles. The van der Waals surface area contributed by atoms with Crippen molar-refractivity contribution in [1.29, 1.82) is 0 Å². The van der Waals surface area contributed by atoms with E-state index < -0.39 is 6.10 Å². The molecule has 0 unspecified atom stereocenters. The third-order valence-electron chi connectivity index (χ3n) is 12.9. The topological polar surface area (TPSA) is 78.9 Å². The van der Waals surface area contributed by atoms with Crippen molar-refractivity contribution < 1.29 is 28.6 Å². The number of carbonyl (C=O) groups is 3. The first-order chi connectivity index (χ1) is 32.0. The number of unbranched alkanes of at least 4 members (excludes halogenated alkanes) is 38. The molecule has 0 heterocycles. The summed E-state index contributed by atoms with van der Waals surface area (Å²) in [5.74, 6) is -0.868. The van der Waals surface area contributed by atoms with E-state index in [2.05, 4.69) is 45.1 Å². The summed E-state index contributed by atoms with van der Waals surface area (Å²) in [5, 5.41) is 0. The third kappa shape index (κ3) is 52.7. The van der Waals surface area contributed by atoms with Crippen molar-refractivity contribution in [3.63, 3.8) is 0 Å². The number of esters is 3. The van der Waals surface area contributed by atoms with E-state index in [-0.39, 0.29) is 31.1 Å². The fraction of sp³-hybridized carbons (Fsp3) is 0.881. The lowest BCUT2D eigenvalue weighted by molar-refractivity contribution is -0.167. The minimum absolute atomic E-state index is 0.0722. The molecule has 0 saturated carbocycles. The second kappa shape index (κ2) is 54.5. The average Bonchev–Trinajstić information content (AvgIpc) is 3.30. The molecule has 0 bridgehead atoms. The van der Waals surface area contributed by atoms with E-state index in [1.165, 1.54) is 212 Å². The van der Waals surface area contributed by atoms with Gasteiger partial charge in [0.2, 0.25) is 0 Å². The third-order valence-corrected chi connectivity index (χ3v) is 12.9. The van der Waals surface area contributed by atoms with Crippen LogP contribution in [0.5, 0.6) is 0 Å². The van der Waals surface area contributed by atoms with Crippen LogP contribution in [0.25, 0.3) is 0 Å². The molecule has 6 heteroatoms. The molecule has 6 nitrogen and oxygen atoms in total. The van der Waals surface area contributed by atoms with Crippen LogP contribution in [0.1, 0.15) is 316 Å². The van der Waals surface area contributed by atoms with Crippen LogP contribution >= 0.6 is 0 Å². The minimum Gasteiger partial charge on any atom is -0.462 e. The van der Waals surface area contributed by atoms with Crippen molar-refractivity contribution in [1.82, 2.24) is 0 Å². The van der Waals surface area contributed by atoms with Crippen LogP contribution in [-0.2, 0) is 28.6 Å². The van der Waals surface area contributed by atoms with Gasteiger partial charge in [0.1, 0.15) is 13.2 Å². The first kappa shape index (κ1) is 62.9. The largest absolute Gasteiger partial charge is 0.462 e. The van der Waals surface area contributed by atoms with Gasteiger partial charge in [-0.3, -0.25) is 14.4 Å². The lowest BCUT2D eigenvalue weighted by Crippen LogP contribution is -2.30. The molecule has 65 heavy (non-hydrogen) atoms. The van der Waals surface area contributed by atoms with Crippen molar-refractivity contribution in [3.8, 4) is 0 Å². The van der Waals surface area contributed by atoms with Crippen LogP contribution in [0.15, 0.2) is 24.3 Å². The van der Waals surface area contributed by atoms with Crippen LogP contribution in [0.2, 0.25) is 0 Å². The quantitative estimate of drug-likeness (QED) is 0.0262. The van der Waals surface area contributed by atoms with Crippen molar-refractivity contribution in [3.05, 3.63) is 24.3 Å². The van der Waals surface area contributed by atoms with Gasteiger partial charge in [-0.1, -0.05) is 257 Å². The lowest BCUT2D eigenvalue weighted by Gasteiger charge is -2.18. The molecule has 1 atom stereocenters. The Morgan fingerprint density at radius 2 is 0.523 bits per heavy atom. The number of hydrogen-bond donors (Lipinski definition) is 0. The van der Waals surface area contributed by atoms with Crippen LogP contribution < -0.4 is 0 Å². The van der Waals surface area contributed by atoms with Crippen LogP contribution in [0, 0.1) is 0 Å². The highest BCUT2D eigenvalue weighted by molar-refractivity contribution is 5.71. The summed E-state index contributed by atoms with van der Waals surface area (Å²) < 4.78 is 16.8. The molecular weight excluding hydrogens is 805 g/mol. The summed E-state index contributed by atoms with van der Waals surface area (Å²) in [6.45, 7) is 6.62. The van der Waals surface area contributed by atoms with E-state index in [9.17, 15) is 14.4 Å². The predicted molar refractivity (Wildman–Crippen MR) is 279 cm³/mol. The maximum absolute atomic E-state index is 12.8. The Morgan fingerprint density at radius 1 is 0.292 bits per heavy atom. The van der Waals surface area contributed by atoms with Crippen LogP contribution in [0.3, 0.4) is 0 Å². The Kier molecular flexibility index (Phi) is 52.7. The molecule has 0 aliphatic carbocycles. The summed E-state index contributed by atoms with van der Waals surface area (Å²) in [7, 11) is 0. The van der Waals surface area contributed by atoms with Crippen LogP contribution in [0.4, 0.5) is 0 Å². The van der Waals surface area contributed by atoms with Gasteiger partial charge in [0.15, 0.2) is 6.10 Å². The Balaban J connectivity index is 4.26. The molecule has 0 aromatic rings. The molecule has 0 aromatic heterocycles. The van der Waals surface area contributed by atoms with Crippen molar-refractivity contribution in [2.45, 2.75) is 322 Å². The summed E-state index contributed by atoms with van der Waals surface area (Å²) in [4.78, 5) is 38.1. The highest BCUT2D eigenvalue weighted by atomic mass is 16.6. The number of ether oxygens (including phenoxy) is 3. The molecule has 0 N–H and O–H groups in total. The van der Waals surface area contributed by atoms with E-state index in [4.69, 9.17) is 14.2 Å². The summed E-state index contributed by atoms with van der Waals surface area (Å²) in [6.07, 6.45) is 63.2. The Labute approximate surface area is 404 Å². The zero-order chi connectivity index (χ0) is 47.2. The molecule has 0 fully saturated rings. The predicted octanol–water partition coefficient (Wildman–Crippen LogP) is 19.1. The maximum atomic E-state index is 12.8. The van der Waals surface area contributed by atoms with Crippen LogP contribution in [-0.4, -0.2) is 37.2 Å². The van der Waals surface area contributed by atoms with Gasteiger partial charge in [0, 0.05) is 19.3 Å². The van der Waals surface area contributed by atoms with Crippen molar-refractivity contribution >= 4 is 17.9 Å². The minimum atomic E-state index is -0.772. The fourth-order valence-electron chi connectivity index (χ4n) is 8.54. The van der Waals surface area contributed by atoms with Crippen molar-refractivity contribution in [2.75, 3.05) is 13.2 Å². The number of allylic oxidation sites excluding steroid dienone is 4. The zero-order valence-corrected chi connectivity index (χ0v) is 43.8. The van der Waals surface area contributed by atoms with Gasteiger partial charge < -0.3 is 14.2 Å². The van der Waals surface area contributed by atoms with Gasteiger partial charge in [0.25, 0.3) is 0 Å². The second-order valence-corrected chi connectivity index (χ2v) is 19.6. The lowest BCUT2D eigenvalue weighted by atomic mass is 10.0. The van der Waals surface area contributed by atoms with E-state index in [0.717, 1.165) is 64.2 Å². The van der Waals surface area contributed by atoms with E-state index >= 15 is 0 Å². The molecule has 0 aliphatic rings. The molecule has 0 rings (SSSR count). The Morgan fingerprint density at radius 3 is 0.831 bits per heavy atom. The first-order valence-corrected chi connectivity index (χ1v) is 28.8. The monoisotopic (exact) mass is 915 g/mol. The maximum Gasteiger partial charge on any atom is 0.306 e. The first-order valence-electron chi connectivity index (χ1n) is 28.8. The normalized spacial score (nSPS) is 12.1. The molecule has 0 aromatic carbocycles. The Hall–Kier alpha value is -2.11. The number of carbonyl (C=O) groups excluding carboxylic acids is 3. The Bertz CT molecular complexity index is 1050. The summed E-state index contributed by atoms with van der Waals surface area (Å²) >= 11 is 0. The number of hydrogen-bond acceptors (Lipinski definition) is 6. The second-order valence-electron chi connectivity index (χ2n) is 19.6. The molecule has 0 aliphatic heterocycles. The van der Waals surface area contributed by atoms with Crippen molar-refractivity contribution in [2.24, 2.45) is 0 Å². The summed E-state index contributed by atoms with van der Waals surface area (Å²) in [5.41, 5.74) is 0. The van der Waals surface area contributed by atoms with Gasteiger partial charge in [-0.15, -0.1) is 0 Å². The van der Waals surface area contributed by atoms with Gasteiger partial charge >= 0.3 is 17.9 Å². The van der Waals surface area contributed by atoms with Gasteiger partial charge in [-0.25, -0.2) is 0 Å². The van der Waals surface area contributed by atoms with E-state index in [1.807, 2.05) is 0 Å². The smallest absolute Gasteiger partial charge is 0.306 e. The molecule has 0 amide bonds. The highest BCUT2D eigenvalue weighted by Crippen LogP contribution is 2.17. The van der Waals surface area contributed by atoms with Gasteiger partial charge in [-0.2, -0.15) is 0 Å². The fourth-order valence-corrected chi connectivity index (χ4v) is 8.54. The molecule has 0 radical (unpaired) electrons. The molecular formula is C59H110O6. The van der Waals surface area contributed by atoms with Gasteiger partial charge in [0.05, 0.1) is 0 Å². The summed E-state index contributed by atoms with van der Waals surface area (Å²) in [6, 6.07) is 0.